The van der Waals surface area contributed by atoms with Crippen LogP contribution in [0.1, 0.15) is 38.2 Å². The topological polar surface area (TPSA) is 94.5 Å². The summed E-state index contributed by atoms with van der Waals surface area (Å²) in [5.41, 5.74) is 0.569. The van der Waals surface area contributed by atoms with Crippen LogP contribution in [0.3, 0.4) is 0 Å². The van der Waals surface area contributed by atoms with Gasteiger partial charge in [0, 0.05) is 25.9 Å². The van der Waals surface area contributed by atoms with Crippen LogP contribution in [-0.4, -0.2) is 41.1 Å². The smallest absolute Gasteiger partial charge is 0.308 e. The molecule has 1 saturated heterocycles. The molecule has 0 amide bonds. The summed E-state index contributed by atoms with van der Waals surface area (Å²) in [6.45, 7) is 5.35. The number of aromatic nitrogens is 3. The van der Waals surface area contributed by atoms with Gasteiger partial charge in [-0.1, -0.05) is 37.0 Å². The monoisotopic (exact) mass is 480 g/mol. The average molecular weight is 481 g/mol. The summed E-state index contributed by atoms with van der Waals surface area (Å²) in [7, 11) is 1.41. The van der Waals surface area contributed by atoms with Crippen LogP contribution in [0.5, 0.6) is 0 Å². The van der Waals surface area contributed by atoms with Gasteiger partial charge in [-0.15, -0.1) is 0 Å². The van der Waals surface area contributed by atoms with Crippen LogP contribution in [0.2, 0.25) is 10.2 Å². The van der Waals surface area contributed by atoms with Crippen molar-refractivity contribution in [1.29, 1.82) is 0 Å². The van der Waals surface area contributed by atoms with Crippen molar-refractivity contribution in [2.45, 2.75) is 39.5 Å². The van der Waals surface area contributed by atoms with Crippen molar-refractivity contribution >= 4 is 35.0 Å². The summed E-state index contributed by atoms with van der Waals surface area (Å²) in [6.07, 6.45) is 7.91. The van der Waals surface area contributed by atoms with E-state index in [-0.39, 0.29) is 11.9 Å². The highest BCUT2D eigenvalue weighted by atomic mass is 35.5. The Labute approximate surface area is 196 Å². The van der Waals surface area contributed by atoms with Crippen LogP contribution in [-0.2, 0) is 22.4 Å². The molecule has 10 heteroatoms. The van der Waals surface area contributed by atoms with Crippen molar-refractivity contribution in [2.75, 3.05) is 25.1 Å². The third-order valence-corrected chi connectivity index (χ3v) is 5.77. The van der Waals surface area contributed by atoms with Crippen LogP contribution >= 0.6 is 23.2 Å². The molecular weight excluding hydrogens is 455 g/mol. The molecule has 32 heavy (non-hydrogen) atoms. The molecule has 0 radical (unpaired) electrons. The highest BCUT2D eigenvalue weighted by molar-refractivity contribution is 6.35. The zero-order chi connectivity index (χ0) is 23.1. The van der Waals surface area contributed by atoms with E-state index in [1.165, 1.54) is 13.5 Å². The number of esters is 1. The van der Waals surface area contributed by atoms with E-state index >= 15 is 0 Å². The number of carbonyl (C=O) groups is 1. The zero-order valence-electron chi connectivity index (χ0n) is 18.3. The first kappa shape index (κ1) is 24.1. The molecule has 1 aliphatic heterocycles. The molecule has 3 aromatic rings. The lowest BCUT2D eigenvalue weighted by molar-refractivity contribution is -0.146. The first-order chi connectivity index (χ1) is 15.5. The van der Waals surface area contributed by atoms with E-state index in [4.69, 9.17) is 36.8 Å². The normalized spacial score (nSPS) is 14.1. The average Bonchev–Trinajstić information content (AvgIpc) is 3.52. The van der Waals surface area contributed by atoms with Crippen LogP contribution in [0.15, 0.2) is 33.7 Å². The van der Waals surface area contributed by atoms with Gasteiger partial charge in [-0.3, -0.25) is 4.79 Å². The first-order valence-electron chi connectivity index (χ1n) is 10.5. The van der Waals surface area contributed by atoms with Gasteiger partial charge in [-0.2, -0.15) is 0 Å². The summed E-state index contributed by atoms with van der Waals surface area (Å²) < 4.78 is 15.3. The molecule has 0 spiro atoms. The fraction of sp³-hybridized carbons (Fsp3) is 0.455. The van der Waals surface area contributed by atoms with Crippen molar-refractivity contribution in [3.05, 3.63) is 46.5 Å². The minimum absolute atomic E-state index is 0.0745. The van der Waals surface area contributed by atoms with Crippen molar-refractivity contribution in [2.24, 2.45) is 5.92 Å². The molecular formula is C22H26Cl2N4O4. The highest BCUT2D eigenvalue weighted by Gasteiger charge is 2.28. The van der Waals surface area contributed by atoms with E-state index in [1.807, 2.05) is 18.7 Å². The minimum Gasteiger partial charge on any atom is -0.469 e. The lowest BCUT2D eigenvalue weighted by Crippen LogP contribution is -2.37. The number of pyridine rings is 1. The molecule has 0 aromatic carbocycles. The second kappa shape index (κ2) is 11.3. The van der Waals surface area contributed by atoms with Crippen molar-refractivity contribution in [3.63, 3.8) is 0 Å². The number of aryl methyl sites for hydroxylation is 2. The Morgan fingerprint density at radius 2 is 1.91 bits per heavy atom. The second-order valence-electron chi connectivity index (χ2n) is 7.22. The summed E-state index contributed by atoms with van der Waals surface area (Å²) in [5, 5.41) is 0.770. The molecule has 3 aromatic heterocycles. The molecule has 1 aliphatic rings. The predicted octanol–water partition coefficient (Wildman–Crippen LogP) is 5.23. The Morgan fingerprint density at radius 1 is 1.19 bits per heavy atom. The second-order valence-corrected chi connectivity index (χ2v) is 7.99. The van der Waals surface area contributed by atoms with E-state index in [0.717, 1.165) is 24.4 Å². The molecule has 0 unspecified atom stereocenters. The van der Waals surface area contributed by atoms with Gasteiger partial charge >= 0.3 is 5.97 Å². The molecule has 0 bridgehead atoms. The SMILES string of the molecule is CCc1cnc(-c2cc(Cl)c(N3CCC(C(=O)OC)CC3)nc2Cl)o1.CCc1cnco1. The van der Waals surface area contributed by atoms with Gasteiger partial charge in [-0.05, 0) is 18.9 Å². The number of methoxy groups -OCH3 is 1. The van der Waals surface area contributed by atoms with E-state index < -0.39 is 0 Å². The fourth-order valence-electron chi connectivity index (χ4n) is 3.34. The van der Waals surface area contributed by atoms with E-state index in [0.29, 0.717) is 53.4 Å². The Balaban J connectivity index is 0.000000352. The number of halogens is 2. The van der Waals surface area contributed by atoms with Crippen molar-refractivity contribution in [1.82, 2.24) is 15.0 Å². The number of oxazole rings is 2. The van der Waals surface area contributed by atoms with Crippen LogP contribution in [0.4, 0.5) is 5.82 Å². The Morgan fingerprint density at radius 3 is 2.44 bits per heavy atom. The van der Waals surface area contributed by atoms with Crippen molar-refractivity contribution in [3.8, 4) is 11.5 Å². The molecule has 4 rings (SSSR count). The third-order valence-electron chi connectivity index (χ3n) is 5.20. The van der Waals surface area contributed by atoms with Gasteiger partial charge in [0.2, 0.25) is 5.89 Å². The van der Waals surface area contributed by atoms with Crippen LogP contribution in [0.25, 0.3) is 11.5 Å². The maximum absolute atomic E-state index is 11.6. The number of anilines is 1. The number of carbonyl (C=O) groups excluding carboxylic acids is 1. The van der Waals surface area contributed by atoms with Gasteiger partial charge in [-0.25, -0.2) is 15.0 Å². The number of nitrogens with zero attached hydrogens (tertiary/aromatic N) is 4. The van der Waals surface area contributed by atoms with Gasteiger partial charge in [0.05, 0.1) is 36.0 Å². The number of hydrogen-bond acceptors (Lipinski definition) is 8. The number of piperidine rings is 1. The number of rotatable bonds is 5. The molecule has 0 atom stereocenters. The van der Waals surface area contributed by atoms with Crippen LogP contribution in [0, 0.1) is 5.92 Å². The highest BCUT2D eigenvalue weighted by Crippen LogP contribution is 2.35. The van der Waals surface area contributed by atoms with Crippen molar-refractivity contribution < 1.29 is 18.4 Å². The zero-order valence-corrected chi connectivity index (χ0v) is 19.8. The Bertz CT molecular complexity index is 1020. The third kappa shape index (κ3) is 5.81. The maximum Gasteiger partial charge on any atom is 0.308 e. The van der Waals surface area contributed by atoms with Gasteiger partial charge in [0.25, 0.3) is 0 Å². The molecule has 4 heterocycles. The quantitative estimate of drug-likeness (QED) is 0.361. The first-order valence-corrected chi connectivity index (χ1v) is 11.2. The lowest BCUT2D eigenvalue weighted by Gasteiger charge is -2.32. The summed E-state index contributed by atoms with van der Waals surface area (Å²) in [5.74, 6) is 2.50. The van der Waals surface area contributed by atoms with E-state index in [1.54, 1.807) is 18.5 Å². The number of ether oxygens (including phenoxy) is 1. The lowest BCUT2D eigenvalue weighted by atomic mass is 9.97. The maximum atomic E-state index is 11.6. The molecule has 8 nitrogen and oxygen atoms in total. The van der Waals surface area contributed by atoms with E-state index in [9.17, 15) is 4.79 Å². The molecule has 0 aliphatic carbocycles. The Hall–Kier alpha value is -2.58. The summed E-state index contributed by atoms with van der Waals surface area (Å²) in [6, 6.07) is 1.73. The molecule has 1 fully saturated rings. The van der Waals surface area contributed by atoms with Crippen LogP contribution < -0.4 is 4.90 Å². The van der Waals surface area contributed by atoms with Gasteiger partial charge in [0.1, 0.15) is 22.5 Å². The minimum atomic E-state index is -0.164. The van der Waals surface area contributed by atoms with E-state index in [2.05, 4.69) is 15.0 Å². The Kier molecular flexibility index (Phi) is 8.53. The van der Waals surface area contributed by atoms with Gasteiger partial charge < -0.3 is 18.5 Å². The summed E-state index contributed by atoms with van der Waals surface area (Å²) in [4.78, 5) is 26.1. The standard InChI is InChI=1S/C17H19Cl2N3O3.C5H7NO/c1-3-11-9-20-16(25-11)12-8-13(18)15(21-14(12)19)22-6-4-10(5-7-22)17(23)24-2;1-2-5-3-6-4-7-5/h8-10H,3-7H2,1-2H3;3-4H,2H2,1H3. The molecule has 172 valence electrons. The molecule has 0 N–H and O–H groups in total. The largest absolute Gasteiger partial charge is 0.469 e. The predicted molar refractivity (Wildman–Crippen MR) is 122 cm³/mol. The fourth-order valence-corrected chi connectivity index (χ4v) is 3.82. The van der Waals surface area contributed by atoms with Gasteiger partial charge in [0.15, 0.2) is 6.39 Å². The summed E-state index contributed by atoms with van der Waals surface area (Å²) >= 11 is 12.8. The number of hydrogen-bond donors (Lipinski definition) is 0. The molecule has 0 saturated carbocycles.